The predicted molar refractivity (Wildman–Crippen MR) is 68.6 cm³/mol. The number of carbonyl (C=O) groups is 1. The first-order valence-corrected chi connectivity index (χ1v) is 5.45. The number of aryl methyl sites for hydroxylation is 2. The van der Waals surface area contributed by atoms with E-state index in [0.29, 0.717) is 0 Å². The Morgan fingerprint density at radius 2 is 1.56 bits per heavy atom. The van der Waals surface area contributed by atoms with Crippen LogP contribution >= 0.6 is 0 Å². The van der Waals surface area contributed by atoms with E-state index in [9.17, 15) is 4.79 Å². The second kappa shape index (κ2) is 4.97. The molecule has 2 nitrogen and oxygen atoms in total. The van der Waals surface area contributed by atoms with Crippen molar-refractivity contribution in [3.63, 3.8) is 0 Å². The SMILES string of the molecule is CC(=O)/C(C)=C(/C)Nc1c(C)cccc1C. The first-order valence-electron chi connectivity index (χ1n) is 5.45. The highest BCUT2D eigenvalue weighted by Crippen LogP contribution is 2.22. The number of hydrogen-bond donors (Lipinski definition) is 1. The van der Waals surface area contributed by atoms with Crippen molar-refractivity contribution in [1.82, 2.24) is 0 Å². The fraction of sp³-hybridized carbons (Fsp3) is 0.357. The van der Waals surface area contributed by atoms with Gasteiger partial charge >= 0.3 is 0 Å². The molecule has 0 aliphatic heterocycles. The van der Waals surface area contributed by atoms with Crippen LogP contribution in [-0.4, -0.2) is 5.78 Å². The maximum absolute atomic E-state index is 11.2. The fourth-order valence-corrected chi connectivity index (χ4v) is 1.56. The van der Waals surface area contributed by atoms with Crippen LogP contribution in [-0.2, 0) is 4.79 Å². The van der Waals surface area contributed by atoms with Gasteiger partial charge in [-0.25, -0.2) is 0 Å². The lowest BCUT2D eigenvalue weighted by molar-refractivity contribution is -0.113. The molecule has 0 saturated heterocycles. The van der Waals surface area contributed by atoms with Crippen LogP contribution in [0.3, 0.4) is 0 Å². The molecule has 2 heteroatoms. The third kappa shape index (κ3) is 2.72. The third-order valence-electron chi connectivity index (χ3n) is 2.88. The average Bonchev–Trinajstić information content (AvgIpc) is 2.22. The summed E-state index contributed by atoms with van der Waals surface area (Å²) >= 11 is 0. The van der Waals surface area contributed by atoms with Crippen LogP contribution in [0.5, 0.6) is 0 Å². The second-order valence-corrected chi connectivity index (χ2v) is 4.20. The van der Waals surface area contributed by atoms with Gasteiger partial charge in [0, 0.05) is 17.0 Å². The summed E-state index contributed by atoms with van der Waals surface area (Å²) in [6.07, 6.45) is 0. The topological polar surface area (TPSA) is 29.1 Å². The number of allylic oxidation sites excluding steroid dienone is 2. The summed E-state index contributed by atoms with van der Waals surface area (Å²) in [5.74, 6) is 0.108. The number of carbonyl (C=O) groups excluding carboxylic acids is 1. The summed E-state index contributed by atoms with van der Waals surface area (Å²) in [5.41, 5.74) is 5.18. The molecule has 0 fully saturated rings. The van der Waals surface area contributed by atoms with Gasteiger partial charge in [-0.05, 0) is 45.7 Å². The van der Waals surface area contributed by atoms with Gasteiger partial charge in [0.25, 0.3) is 0 Å². The molecule has 0 bridgehead atoms. The van der Waals surface area contributed by atoms with Gasteiger partial charge in [-0.1, -0.05) is 18.2 Å². The van der Waals surface area contributed by atoms with E-state index in [1.165, 1.54) is 11.1 Å². The van der Waals surface area contributed by atoms with Gasteiger partial charge in [-0.15, -0.1) is 0 Å². The zero-order chi connectivity index (χ0) is 12.3. The Morgan fingerprint density at radius 1 is 1.06 bits per heavy atom. The molecule has 0 radical (unpaired) electrons. The zero-order valence-corrected chi connectivity index (χ0v) is 10.6. The Labute approximate surface area is 97.4 Å². The molecule has 16 heavy (non-hydrogen) atoms. The van der Waals surface area contributed by atoms with Crippen molar-refractivity contribution in [2.45, 2.75) is 34.6 Å². The minimum Gasteiger partial charge on any atom is -0.358 e. The monoisotopic (exact) mass is 217 g/mol. The quantitative estimate of drug-likeness (QED) is 0.784. The number of rotatable bonds is 3. The van der Waals surface area contributed by atoms with Crippen molar-refractivity contribution in [1.29, 1.82) is 0 Å². The van der Waals surface area contributed by atoms with E-state index in [4.69, 9.17) is 0 Å². The van der Waals surface area contributed by atoms with Crippen LogP contribution in [0, 0.1) is 13.8 Å². The summed E-state index contributed by atoms with van der Waals surface area (Å²) in [4.78, 5) is 11.2. The molecule has 0 atom stereocenters. The molecule has 1 N–H and O–H groups in total. The smallest absolute Gasteiger partial charge is 0.157 e. The number of ketones is 1. The number of hydrogen-bond acceptors (Lipinski definition) is 2. The zero-order valence-electron chi connectivity index (χ0n) is 10.6. The Balaban J connectivity index is 3.06. The molecule has 0 unspecified atom stereocenters. The molecule has 0 aliphatic carbocycles. The van der Waals surface area contributed by atoms with Crippen LogP contribution in [0.15, 0.2) is 29.5 Å². The summed E-state index contributed by atoms with van der Waals surface area (Å²) < 4.78 is 0. The third-order valence-corrected chi connectivity index (χ3v) is 2.88. The van der Waals surface area contributed by atoms with Crippen molar-refractivity contribution in [3.05, 3.63) is 40.6 Å². The first-order chi connectivity index (χ1) is 7.43. The standard InChI is InChI=1S/C14H19NO/c1-9-7-6-8-10(2)14(9)15-12(4)11(3)13(5)16/h6-8,15H,1-5H3/b12-11-. The Bertz CT molecular complexity index is 424. The van der Waals surface area contributed by atoms with Crippen LogP contribution in [0.1, 0.15) is 31.9 Å². The molecule has 0 amide bonds. The maximum atomic E-state index is 11.2. The van der Waals surface area contributed by atoms with Gasteiger partial charge in [-0.2, -0.15) is 0 Å². The normalized spacial score (nSPS) is 12.1. The van der Waals surface area contributed by atoms with Gasteiger partial charge in [0.1, 0.15) is 0 Å². The minimum absolute atomic E-state index is 0.108. The van der Waals surface area contributed by atoms with Gasteiger partial charge in [0.2, 0.25) is 0 Å². The number of para-hydroxylation sites is 1. The lowest BCUT2D eigenvalue weighted by atomic mass is 10.1. The lowest BCUT2D eigenvalue weighted by Gasteiger charge is -2.14. The van der Waals surface area contributed by atoms with Crippen LogP contribution in [0.25, 0.3) is 0 Å². The van der Waals surface area contributed by atoms with E-state index in [1.54, 1.807) is 6.92 Å². The Morgan fingerprint density at radius 3 is 2.00 bits per heavy atom. The molecule has 1 aromatic rings. The molecular formula is C14H19NO. The van der Waals surface area contributed by atoms with E-state index >= 15 is 0 Å². The first kappa shape index (κ1) is 12.5. The van der Waals surface area contributed by atoms with Gasteiger partial charge in [-0.3, -0.25) is 4.79 Å². The van der Waals surface area contributed by atoms with Crippen molar-refractivity contribution >= 4 is 11.5 Å². The highest BCUT2D eigenvalue weighted by atomic mass is 16.1. The second-order valence-electron chi connectivity index (χ2n) is 4.20. The molecule has 86 valence electrons. The van der Waals surface area contributed by atoms with Crippen LogP contribution in [0.4, 0.5) is 5.69 Å². The van der Waals surface area contributed by atoms with E-state index in [0.717, 1.165) is 17.0 Å². The molecule has 0 aromatic heterocycles. The van der Waals surface area contributed by atoms with Crippen LogP contribution < -0.4 is 5.32 Å². The molecule has 1 aromatic carbocycles. The maximum Gasteiger partial charge on any atom is 0.157 e. The Kier molecular flexibility index (Phi) is 3.88. The minimum atomic E-state index is 0.108. The average molecular weight is 217 g/mol. The van der Waals surface area contributed by atoms with Crippen molar-refractivity contribution in [3.8, 4) is 0 Å². The highest BCUT2D eigenvalue weighted by molar-refractivity contribution is 5.93. The largest absolute Gasteiger partial charge is 0.358 e. The van der Waals surface area contributed by atoms with Crippen molar-refractivity contribution < 1.29 is 4.79 Å². The number of Topliss-reactive ketones (excluding diaryl/α,β-unsaturated/α-hetero) is 1. The van der Waals surface area contributed by atoms with E-state index in [-0.39, 0.29) is 5.78 Å². The van der Waals surface area contributed by atoms with Crippen molar-refractivity contribution in [2.75, 3.05) is 5.32 Å². The van der Waals surface area contributed by atoms with Gasteiger partial charge < -0.3 is 5.32 Å². The summed E-state index contributed by atoms with van der Waals surface area (Å²) in [6, 6.07) is 6.16. The highest BCUT2D eigenvalue weighted by Gasteiger charge is 2.05. The van der Waals surface area contributed by atoms with Gasteiger partial charge in [0.15, 0.2) is 5.78 Å². The summed E-state index contributed by atoms with van der Waals surface area (Å²) in [6.45, 7) is 9.49. The number of nitrogens with one attached hydrogen (secondary N) is 1. The van der Waals surface area contributed by atoms with Gasteiger partial charge in [0.05, 0.1) is 0 Å². The van der Waals surface area contributed by atoms with E-state index < -0.39 is 0 Å². The lowest BCUT2D eigenvalue weighted by Crippen LogP contribution is -2.06. The molecule has 1 rings (SSSR count). The molecule has 0 aliphatic rings. The van der Waals surface area contributed by atoms with Crippen molar-refractivity contribution in [2.24, 2.45) is 0 Å². The number of benzene rings is 1. The molecule has 0 heterocycles. The van der Waals surface area contributed by atoms with E-state index in [1.807, 2.05) is 19.9 Å². The predicted octanol–water partition coefficient (Wildman–Crippen LogP) is 3.60. The van der Waals surface area contributed by atoms with E-state index in [2.05, 4.69) is 31.3 Å². The molecular weight excluding hydrogens is 198 g/mol. The fourth-order valence-electron chi connectivity index (χ4n) is 1.56. The molecule has 0 saturated carbocycles. The summed E-state index contributed by atoms with van der Waals surface area (Å²) in [7, 11) is 0. The molecule has 0 spiro atoms. The number of anilines is 1. The summed E-state index contributed by atoms with van der Waals surface area (Å²) in [5, 5.41) is 3.32. The van der Waals surface area contributed by atoms with Crippen LogP contribution in [0.2, 0.25) is 0 Å². The Hall–Kier alpha value is -1.57.